The Kier molecular flexibility index (Phi) is 3.80. The minimum Gasteiger partial charge on any atom is -0.343 e. The quantitative estimate of drug-likeness (QED) is 0.857. The smallest absolute Gasteiger partial charge is 0.205 e. The molecule has 18 heavy (non-hydrogen) atoms. The molecule has 2 heterocycles. The molecule has 0 aromatic carbocycles. The Morgan fingerprint density at radius 3 is 3.06 bits per heavy atom. The van der Waals surface area contributed by atoms with Crippen LogP contribution in [0.3, 0.4) is 0 Å². The van der Waals surface area contributed by atoms with Gasteiger partial charge in [0, 0.05) is 43.1 Å². The molecule has 2 fully saturated rings. The van der Waals surface area contributed by atoms with E-state index >= 15 is 0 Å². The van der Waals surface area contributed by atoms with Crippen molar-refractivity contribution in [1.29, 1.82) is 0 Å². The number of hydrogen-bond acceptors (Lipinski definition) is 5. The van der Waals surface area contributed by atoms with Crippen LogP contribution >= 0.6 is 11.5 Å². The summed E-state index contributed by atoms with van der Waals surface area (Å²) in [4.78, 5) is 7.15. The highest BCUT2D eigenvalue weighted by Crippen LogP contribution is 2.28. The van der Waals surface area contributed by atoms with Crippen LogP contribution in [0.15, 0.2) is 0 Å². The number of hydrogen-bond donors (Lipinski definition) is 1. The molecule has 1 saturated heterocycles. The fourth-order valence-electron chi connectivity index (χ4n) is 2.58. The van der Waals surface area contributed by atoms with Crippen molar-refractivity contribution < 1.29 is 0 Å². The molecule has 4 nitrogen and oxygen atoms in total. The maximum atomic E-state index is 4.68. The molecule has 2 aliphatic rings. The van der Waals surface area contributed by atoms with E-state index in [1.807, 2.05) is 0 Å². The fourth-order valence-corrected chi connectivity index (χ4v) is 3.39. The summed E-state index contributed by atoms with van der Waals surface area (Å²) in [5, 5.41) is 4.78. The summed E-state index contributed by atoms with van der Waals surface area (Å²) in [5.74, 6) is 1.03. The number of anilines is 1. The summed E-state index contributed by atoms with van der Waals surface area (Å²) in [5.41, 5.74) is 0. The van der Waals surface area contributed by atoms with Crippen molar-refractivity contribution in [3.8, 4) is 0 Å². The van der Waals surface area contributed by atoms with Crippen molar-refractivity contribution >= 4 is 16.7 Å². The molecule has 0 bridgehead atoms. The van der Waals surface area contributed by atoms with Gasteiger partial charge in [0.05, 0.1) is 0 Å². The van der Waals surface area contributed by atoms with Crippen molar-refractivity contribution in [2.24, 2.45) is 0 Å². The molecule has 1 saturated carbocycles. The van der Waals surface area contributed by atoms with Gasteiger partial charge in [-0.15, -0.1) is 0 Å². The Hall–Kier alpha value is -0.680. The van der Waals surface area contributed by atoms with Gasteiger partial charge in [-0.3, -0.25) is 0 Å². The second kappa shape index (κ2) is 5.53. The van der Waals surface area contributed by atoms with E-state index in [1.165, 1.54) is 25.7 Å². The molecular formula is C13H22N4S. The first kappa shape index (κ1) is 12.4. The molecular weight excluding hydrogens is 244 g/mol. The summed E-state index contributed by atoms with van der Waals surface area (Å²) in [6.45, 7) is 4.45. The van der Waals surface area contributed by atoms with Gasteiger partial charge < -0.3 is 10.2 Å². The molecule has 5 heteroatoms. The standard InChI is InChI=1S/C13H22N4S/c1-2-4-12-15-13(18-16-12)17-8-3-5-11(17)9-14-10-6-7-10/h10-11,14H,2-9H2,1H3. The molecule has 0 radical (unpaired) electrons. The van der Waals surface area contributed by atoms with Gasteiger partial charge in [-0.1, -0.05) is 6.92 Å². The third-order valence-corrected chi connectivity index (χ3v) is 4.56. The molecule has 1 aromatic heterocycles. The predicted molar refractivity (Wildman–Crippen MR) is 75.3 cm³/mol. The zero-order valence-electron chi connectivity index (χ0n) is 11.1. The minimum absolute atomic E-state index is 0.632. The van der Waals surface area contributed by atoms with Crippen molar-refractivity contribution in [2.45, 2.75) is 57.5 Å². The van der Waals surface area contributed by atoms with Crippen LogP contribution in [-0.4, -0.2) is 34.5 Å². The fraction of sp³-hybridized carbons (Fsp3) is 0.846. The minimum atomic E-state index is 0.632. The topological polar surface area (TPSA) is 41.1 Å². The average Bonchev–Trinajstić information content (AvgIpc) is 2.89. The Labute approximate surface area is 113 Å². The number of nitrogens with zero attached hydrogens (tertiary/aromatic N) is 3. The first-order chi connectivity index (χ1) is 8.86. The van der Waals surface area contributed by atoms with E-state index in [-0.39, 0.29) is 0 Å². The molecule has 0 amide bonds. The van der Waals surface area contributed by atoms with Crippen LogP contribution in [0.5, 0.6) is 0 Å². The van der Waals surface area contributed by atoms with Crippen LogP contribution in [0, 0.1) is 0 Å². The van der Waals surface area contributed by atoms with Gasteiger partial charge in [0.25, 0.3) is 0 Å². The van der Waals surface area contributed by atoms with Gasteiger partial charge in [-0.25, -0.2) is 4.98 Å². The number of aromatic nitrogens is 2. The van der Waals surface area contributed by atoms with Crippen LogP contribution in [0.25, 0.3) is 0 Å². The van der Waals surface area contributed by atoms with Crippen LogP contribution in [0.2, 0.25) is 0 Å². The summed E-state index contributed by atoms with van der Waals surface area (Å²) >= 11 is 1.58. The van der Waals surface area contributed by atoms with E-state index in [9.17, 15) is 0 Å². The number of rotatable bonds is 6. The average molecular weight is 266 g/mol. The Morgan fingerprint density at radius 1 is 1.39 bits per heavy atom. The summed E-state index contributed by atoms with van der Waals surface area (Å²) in [6.07, 6.45) is 7.46. The third kappa shape index (κ3) is 2.83. The van der Waals surface area contributed by atoms with Gasteiger partial charge in [0.2, 0.25) is 5.13 Å². The van der Waals surface area contributed by atoms with Gasteiger partial charge in [0.1, 0.15) is 5.82 Å². The van der Waals surface area contributed by atoms with E-state index in [2.05, 4.69) is 26.5 Å². The lowest BCUT2D eigenvalue weighted by atomic mass is 10.2. The second-order valence-corrected chi connectivity index (χ2v) is 6.15. The van der Waals surface area contributed by atoms with Gasteiger partial charge in [-0.2, -0.15) is 4.37 Å². The predicted octanol–water partition coefficient (Wildman–Crippen LogP) is 2.21. The van der Waals surface area contributed by atoms with Gasteiger partial charge in [-0.05, 0) is 32.1 Å². The molecule has 100 valence electrons. The molecule has 0 spiro atoms. The lowest BCUT2D eigenvalue weighted by Crippen LogP contribution is -2.38. The largest absolute Gasteiger partial charge is 0.343 e. The zero-order valence-corrected chi connectivity index (χ0v) is 11.9. The number of aryl methyl sites for hydroxylation is 1. The lowest BCUT2D eigenvalue weighted by molar-refractivity contribution is 0.570. The summed E-state index contributed by atoms with van der Waals surface area (Å²) in [7, 11) is 0. The monoisotopic (exact) mass is 266 g/mol. The SMILES string of the molecule is CCCc1nsc(N2CCCC2CNC2CC2)n1. The van der Waals surface area contributed by atoms with Gasteiger partial charge >= 0.3 is 0 Å². The highest BCUT2D eigenvalue weighted by Gasteiger charge is 2.29. The van der Waals surface area contributed by atoms with Crippen molar-refractivity contribution in [1.82, 2.24) is 14.7 Å². The molecule has 3 rings (SSSR count). The maximum Gasteiger partial charge on any atom is 0.205 e. The van der Waals surface area contributed by atoms with E-state index in [1.54, 1.807) is 11.5 Å². The Morgan fingerprint density at radius 2 is 2.28 bits per heavy atom. The first-order valence-corrected chi connectivity index (χ1v) is 7.96. The van der Waals surface area contributed by atoms with Crippen molar-refractivity contribution in [3.63, 3.8) is 0 Å². The van der Waals surface area contributed by atoms with Crippen molar-refractivity contribution in [2.75, 3.05) is 18.0 Å². The molecule has 1 aliphatic heterocycles. The highest BCUT2D eigenvalue weighted by atomic mass is 32.1. The van der Waals surface area contributed by atoms with E-state index in [0.29, 0.717) is 6.04 Å². The molecule has 1 atom stereocenters. The highest BCUT2D eigenvalue weighted by molar-refractivity contribution is 7.09. The van der Waals surface area contributed by atoms with E-state index < -0.39 is 0 Å². The normalized spacial score (nSPS) is 23.8. The van der Waals surface area contributed by atoms with Crippen LogP contribution in [0.1, 0.15) is 44.9 Å². The lowest BCUT2D eigenvalue weighted by Gasteiger charge is -2.23. The zero-order chi connectivity index (χ0) is 12.4. The molecule has 1 aromatic rings. The number of nitrogens with one attached hydrogen (secondary N) is 1. The molecule has 1 N–H and O–H groups in total. The Balaban J connectivity index is 1.60. The van der Waals surface area contributed by atoms with Crippen LogP contribution < -0.4 is 10.2 Å². The van der Waals surface area contributed by atoms with Crippen LogP contribution in [0.4, 0.5) is 5.13 Å². The second-order valence-electron chi connectivity index (χ2n) is 5.42. The Bertz CT molecular complexity index is 388. The summed E-state index contributed by atoms with van der Waals surface area (Å²) < 4.78 is 4.46. The van der Waals surface area contributed by atoms with Gasteiger partial charge in [0.15, 0.2) is 0 Å². The van der Waals surface area contributed by atoms with E-state index in [4.69, 9.17) is 0 Å². The van der Waals surface area contributed by atoms with Crippen LogP contribution in [-0.2, 0) is 6.42 Å². The first-order valence-electron chi connectivity index (χ1n) is 7.19. The van der Waals surface area contributed by atoms with Crippen molar-refractivity contribution in [3.05, 3.63) is 5.82 Å². The third-order valence-electron chi connectivity index (χ3n) is 3.77. The molecule has 1 unspecified atom stereocenters. The molecule has 1 aliphatic carbocycles. The summed E-state index contributed by atoms with van der Waals surface area (Å²) in [6, 6.07) is 1.44. The maximum absolute atomic E-state index is 4.68. The van der Waals surface area contributed by atoms with E-state index in [0.717, 1.165) is 42.9 Å².